The molecule has 26 heavy (non-hydrogen) atoms. The van der Waals surface area contributed by atoms with Gasteiger partial charge >= 0.3 is 11.7 Å². The Morgan fingerprint density at radius 1 is 1.35 bits per heavy atom. The second-order valence-corrected chi connectivity index (χ2v) is 7.36. The number of aromatic amines is 1. The quantitative estimate of drug-likeness (QED) is 0.255. The molecule has 0 radical (unpaired) electrons. The van der Waals surface area contributed by atoms with Crippen LogP contribution >= 0.6 is 0 Å². The summed E-state index contributed by atoms with van der Waals surface area (Å²) in [6, 6.07) is 0. The molecular formula is C12H17N3O10S. The van der Waals surface area contributed by atoms with E-state index in [0.717, 1.165) is 6.20 Å². The maximum atomic E-state index is 12.0. The summed E-state index contributed by atoms with van der Waals surface area (Å²) in [4.78, 5) is 36.7. The minimum Gasteiger partial charge on any atom is -0.479 e. The van der Waals surface area contributed by atoms with Crippen LogP contribution in [0.3, 0.4) is 0 Å². The topological polar surface area (TPSA) is 222 Å². The standard InChI is InChI=1S/C12H17N3O10S/c13-2-5(26(22,23)24)1-4-3-15(12(21)14-9(4)18)10-7(17)6(16)8(25-10)11(19)20/h3,5-8,10,16-17H,1-2,13H2,(H,19,20)(H,14,18,21)(H,22,23,24)/t5?,6-,7+,8-,10+/m0/s1. The van der Waals surface area contributed by atoms with Crippen LogP contribution in [0.1, 0.15) is 11.8 Å². The number of aliphatic carboxylic acids is 1. The maximum Gasteiger partial charge on any atom is 0.335 e. The van der Waals surface area contributed by atoms with Crippen LogP contribution in [0.5, 0.6) is 0 Å². The van der Waals surface area contributed by atoms with Gasteiger partial charge in [-0.1, -0.05) is 0 Å². The zero-order chi connectivity index (χ0) is 19.8. The van der Waals surface area contributed by atoms with Crippen LogP contribution in [0.15, 0.2) is 15.8 Å². The number of aliphatic hydroxyl groups is 2. The zero-order valence-corrected chi connectivity index (χ0v) is 13.9. The number of carbonyl (C=O) groups is 1. The van der Waals surface area contributed by atoms with Gasteiger partial charge in [-0.2, -0.15) is 8.42 Å². The van der Waals surface area contributed by atoms with E-state index in [-0.39, 0.29) is 5.56 Å². The molecule has 1 unspecified atom stereocenters. The van der Waals surface area contributed by atoms with E-state index >= 15 is 0 Å². The number of H-pyrrole nitrogens is 1. The highest BCUT2D eigenvalue weighted by Gasteiger charge is 2.47. The number of rotatable bonds is 6. The number of aliphatic hydroxyl groups excluding tert-OH is 2. The largest absolute Gasteiger partial charge is 0.479 e. The molecule has 2 heterocycles. The van der Waals surface area contributed by atoms with Gasteiger partial charge in [0.15, 0.2) is 12.3 Å². The van der Waals surface area contributed by atoms with Crippen molar-refractivity contribution in [3.63, 3.8) is 0 Å². The van der Waals surface area contributed by atoms with Gasteiger partial charge in [-0.05, 0) is 6.42 Å². The van der Waals surface area contributed by atoms with Gasteiger partial charge in [0.2, 0.25) is 0 Å². The third kappa shape index (κ3) is 3.84. The SMILES string of the molecule is NCC(Cc1cn([C@@H]2O[C@H](C(=O)O)[C@@H](O)[C@H]2O)c(=O)[nH]c1=O)S(=O)(=O)O. The first-order valence-electron chi connectivity index (χ1n) is 7.22. The summed E-state index contributed by atoms with van der Waals surface area (Å²) in [7, 11) is -4.58. The lowest BCUT2D eigenvalue weighted by atomic mass is 10.1. The van der Waals surface area contributed by atoms with Gasteiger partial charge in [0.1, 0.15) is 17.5 Å². The molecule has 0 aromatic carbocycles. The van der Waals surface area contributed by atoms with Gasteiger partial charge in [0.05, 0.1) is 0 Å². The second kappa shape index (κ2) is 7.26. The van der Waals surface area contributed by atoms with Gasteiger partial charge in [-0.3, -0.25) is 18.9 Å². The van der Waals surface area contributed by atoms with Crippen LogP contribution < -0.4 is 17.0 Å². The molecule has 14 heteroatoms. The minimum absolute atomic E-state index is 0.290. The van der Waals surface area contributed by atoms with Crippen LogP contribution in [0.2, 0.25) is 0 Å². The Bertz CT molecular complexity index is 907. The molecule has 2 rings (SSSR count). The van der Waals surface area contributed by atoms with Crippen molar-refractivity contribution in [2.45, 2.75) is 36.2 Å². The van der Waals surface area contributed by atoms with Crippen LogP contribution in [0.4, 0.5) is 0 Å². The molecule has 1 aromatic heterocycles. The van der Waals surface area contributed by atoms with E-state index in [1.807, 2.05) is 4.98 Å². The van der Waals surface area contributed by atoms with Crippen molar-refractivity contribution >= 4 is 16.1 Å². The molecule has 0 aliphatic carbocycles. The van der Waals surface area contributed by atoms with Gasteiger partial charge < -0.3 is 25.8 Å². The third-order valence-electron chi connectivity index (χ3n) is 3.93. The van der Waals surface area contributed by atoms with Crippen LogP contribution in [-0.4, -0.2) is 73.9 Å². The smallest absolute Gasteiger partial charge is 0.335 e. The van der Waals surface area contributed by atoms with Crippen LogP contribution in [-0.2, 0) is 26.1 Å². The molecule has 13 nitrogen and oxygen atoms in total. The van der Waals surface area contributed by atoms with E-state index in [4.69, 9.17) is 20.1 Å². The molecule has 1 aromatic rings. The van der Waals surface area contributed by atoms with Gasteiger partial charge in [0, 0.05) is 18.3 Å². The average molecular weight is 395 g/mol. The monoisotopic (exact) mass is 395 g/mol. The van der Waals surface area contributed by atoms with Crippen molar-refractivity contribution < 1.29 is 37.8 Å². The molecule has 0 spiro atoms. The lowest BCUT2D eigenvalue weighted by Crippen LogP contribution is -2.40. The van der Waals surface area contributed by atoms with Crippen molar-refractivity contribution in [2.75, 3.05) is 6.54 Å². The Labute approximate surface area is 145 Å². The Balaban J connectivity index is 2.44. The van der Waals surface area contributed by atoms with Crippen molar-refractivity contribution in [3.05, 3.63) is 32.6 Å². The highest BCUT2D eigenvalue weighted by atomic mass is 32.2. The van der Waals surface area contributed by atoms with E-state index in [2.05, 4.69) is 0 Å². The number of nitrogens with zero attached hydrogens (tertiary/aromatic N) is 1. The summed E-state index contributed by atoms with van der Waals surface area (Å²) in [6.45, 7) is -0.514. The first-order valence-corrected chi connectivity index (χ1v) is 8.72. The van der Waals surface area contributed by atoms with E-state index in [9.17, 15) is 33.0 Å². The number of aromatic nitrogens is 2. The van der Waals surface area contributed by atoms with Crippen molar-refractivity contribution in [1.82, 2.24) is 9.55 Å². The molecule has 0 bridgehead atoms. The highest BCUT2D eigenvalue weighted by Crippen LogP contribution is 2.28. The number of carboxylic acids is 1. The van der Waals surface area contributed by atoms with Gasteiger partial charge in [-0.25, -0.2) is 9.59 Å². The summed E-state index contributed by atoms with van der Waals surface area (Å²) in [6.07, 6.45) is -6.81. The number of nitrogens with two attached hydrogens (primary N) is 1. The normalized spacial score (nSPS) is 27.4. The average Bonchev–Trinajstić information content (AvgIpc) is 2.81. The fraction of sp³-hybridized carbons (Fsp3) is 0.583. The number of carboxylic acid groups (broad SMARTS) is 1. The first-order chi connectivity index (χ1) is 12.0. The van der Waals surface area contributed by atoms with E-state index in [1.165, 1.54) is 0 Å². The molecular weight excluding hydrogens is 378 g/mol. The Morgan fingerprint density at radius 2 is 1.96 bits per heavy atom. The van der Waals surface area contributed by atoms with E-state index in [1.54, 1.807) is 0 Å². The van der Waals surface area contributed by atoms with Gasteiger partial charge in [-0.15, -0.1) is 0 Å². The minimum atomic E-state index is -4.58. The molecule has 1 aliphatic rings. The Morgan fingerprint density at radius 3 is 2.42 bits per heavy atom. The number of hydrogen-bond donors (Lipinski definition) is 6. The molecule has 0 saturated carbocycles. The van der Waals surface area contributed by atoms with Crippen molar-refractivity contribution in [2.24, 2.45) is 5.73 Å². The fourth-order valence-electron chi connectivity index (χ4n) is 2.51. The second-order valence-electron chi connectivity index (χ2n) is 5.66. The van der Waals surface area contributed by atoms with Crippen molar-refractivity contribution in [1.29, 1.82) is 0 Å². The van der Waals surface area contributed by atoms with Crippen molar-refractivity contribution in [3.8, 4) is 0 Å². The lowest BCUT2D eigenvalue weighted by Gasteiger charge is -2.18. The predicted octanol–water partition coefficient (Wildman–Crippen LogP) is -4.00. The highest BCUT2D eigenvalue weighted by molar-refractivity contribution is 7.86. The van der Waals surface area contributed by atoms with Crippen LogP contribution in [0, 0.1) is 0 Å². The predicted molar refractivity (Wildman–Crippen MR) is 83.0 cm³/mol. The molecule has 7 N–H and O–H groups in total. The first kappa shape index (κ1) is 20.2. The van der Waals surface area contributed by atoms with E-state index < -0.39 is 70.1 Å². The summed E-state index contributed by atoms with van der Waals surface area (Å²) >= 11 is 0. The number of ether oxygens (including phenoxy) is 1. The summed E-state index contributed by atoms with van der Waals surface area (Å²) < 4.78 is 37.1. The Kier molecular flexibility index (Phi) is 5.64. The summed E-state index contributed by atoms with van der Waals surface area (Å²) in [5.41, 5.74) is 2.92. The summed E-state index contributed by atoms with van der Waals surface area (Å²) in [5.74, 6) is -1.58. The molecule has 1 fully saturated rings. The molecule has 1 saturated heterocycles. The van der Waals surface area contributed by atoms with Crippen LogP contribution in [0.25, 0.3) is 0 Å². The molecule has 146 valence electrons. The Hall–Kier alpha value is -2.10. The number of nitrogens with one attached hydrogen (secondary N) is 1. The maximum absolute atomic E-state index is 12.0. The molecule has 5 atom stereocenters. The third-order valence-corrected chi connectivity index (χ3v) is 5.13. The molecule has 1 aliphatic heterocycles. The van der Waals surface area contributed by atoms with E-state index in [0.29, 0.717) is 4.57 Å². The molecule has 0 amide bonds. The fourth-order valence-corrected chi connectivity index (χ4v) is 3.14. The summed E-state index contributed by atoms with van der Waals surface area (Å²) in [5, 5.41) is 27.0. The zero-order valence-electron chi connectivity index (χ0n) is 13.0. The van der Waals surface area contributed by atoms with Gasteiger partial charge in [0.25, 0.3) is 15.7 Å². The number of hydrogen-bond acceptors (Lipinski definition) is 9. The lowest BCUT2D eigenvalue weighted by molar-refractivity contribution is -0.155.